The van der Waals surface area contributed by atoms with Crippen molar-refractivity contribution in [2.45, 2.75) is 20.4 Å². The van der Waals surface area contributed by atoms with Gasteiger partial charge in [0.1, 0.15) is 0 Å². The van der Waals surface area contributed by atoms with Gasteiger partial charge in [0.15, 0.2) is 0 Å². The molecule has 0 aliphatic heterocycles. The van der Waals surface area contributed by atoms with Crippen molar-refractivity contribution >= 4 is 17.4 Å². The van der Waals surface area contributed by atoms with Crippen molar-refractivity contribution in [2.24, 2.45) is 0 Å². The van der Waals surface area contributed by atoms with E-state index in [9.17, 15) is 14.9 Å². The quantitative estimate of drug-likeness (QED) is 0.669. The zero-order valence-electron chi connectivity index (χ0n) is 12.4. The Hall–Kier alpha value is -2.89. The van der Waals surface area contributed by atoms with E-state index in [0.29, 0.717) is 17.8 Å². The van der Waals surface area contributed by atoms with Crippen LogP contribution in [0.5, 0.6) is 0 Å². The summed E-state index contributed by atoms with van der Waals surface area (Å²) in [7, 11) is 0. The number of amides is 2. The summed E-state index contributed by atoms with van der Waals surface area (Å²) in [6, 6.07) is 12.0. The molecule has 0 aliphatic carbocycles. The number of aryl methyl sites for hydroxylation is 1. The van der Waals surface area contributed by atoms with Crippen molar-refractivity contribution in [3.05, 3.63) is 69.3 Å². The highest BCUT2D eigenvalue weighted by atomic mass is 16.6. The highest BCUT2D eigenvalue weighted by Crippen LogP contribution is 2.24. The van der Waals surface area contributed by atoms with Crippen LogP contribution in [0.3, 0.4) is 0 Å². The number of nitrogens with zero attached hydrogens (tertiary/aromatic N) is 1. The van der Waals surface area contributed by atoms with Crippen LogP contribution in [0.15, 0.2) is 42.5 Å². The molecule has 6 nitrogen and oxygen atoms in total. The summed E-state index contributed by atoms with van der Waals surface area (Å²) in [5.41, 5.74) is 2.97. The number of carbonyl (C=O) groups is 1. The average molecular weight is 299 g/mol. The van der Waals surface area contributed by atoms with Crippen molar-refractivity contribution < 1.29 is 9.72 Å². The number of nitrogens with one attached hydrogen (secondary N) is 2. The first-order valence-corrected chi connectivity index (χ1v) is 6.82. The maximum absolute atomic E-state index is 11.9. The first kappa shape index (κ1) is 15.5. The largest absolute Gasteiger partial charge is 0.334 e. The fraction of sp³-hybridized carbons (Fsp3) is 0.188. The highest BCUT2D eigenvalue weighted by Gasteiger charge is 2.14. The van der Waals surface area contributed by atoms with E-state index in [1.54, 1.807) is 19.1 Å². The standard InChI is InChI=1S/C16H17N3O3/c1-11-6-8-13(9-7-11)10-17-16(20)18-14-4-3-5-15(12(14)2)19(21)22/h3-9H,10H2,1-2H3,(H2,17,18,20). The van der Waals surface area contributed by atoms with Crippen LogP contribution in [0.2, 0.25) is 0 Å². The number of benzene rings is 2. The first-order valence-electron chi connectivity index (χ1n) is 6.82. The molecule has 2 rings (SSSR count). The molecular formula is C16H17N3O3. The number of nitro groups is 1. The molecule has 2 aromatic rings. The third-order valence-corrected chi connectivity index (χ3v) is 3.32. The number of carbonyl (C=O) groups excluding carboxylic acids is 1. The lowest BCUT2D eigenvalue weighted by atomic mass is 10.1. The fourth-order valence-electron chi connectivity index (χ4n) is 2.01. The predicted octanol–water partition coefficient (Wildman–Crippen LogP) is 3.53. The summed E-state index contributed by atoms with van der Waals surface area (Å²) >= 11 is 0. The molecule has 0 fully saturated rings. The summed E-state index contributed by atoms with van der Waals surface area (Å²) < 4.78 is 0. The maximum atomic E-state index is 11.9. The van der Waals surface area contributed by atoms with E-state index in [4.69, 9.17) is 0 Å². The Balaban J connectivity index is 1.99. The first-order chi connectivity index (χ1) is 10.5. The number of anilines is 1. The summed E-state index contributed by atoms with van der Waals surface area (Å²) in [6.45, 7) is 3.99. The molecule has 0 spiro atoms. The molecule has 0 saturated heterocycles. The summed E-state index contributed by atoms with van der Waals surface area (Å²) in [4.78, 5) is 22.3. The third kappa shape index (κ3) is 3.82. The van der Waals surface area contributed by atoms with Gasteiger partial charge in [-0.25, -0.2) is 4.79 Å². The molecular weight excluding hydrogens is 282 g/mol. The van der Waals surface area contributed by atoms with E-state index in [0.717, 1.165) is 11.1 Å². The van der Waals surface area contributed by atoms with Gasteiger partial charge in [0.25, 0.3) is 5.69 Å². The van der Waals surface area contributed by atoms with Crippen molar-refractivity contribution in [3.8, 4) is 0 Å². The zero-order chi connectivity index (χ0) is 16.1. The molecule has 0 aromatic heterocycles. The van der Waals surface area contributed by atoms with E-state index >= 15 is 0 Å². The Morgan fingerprint density at radius 3 is 2.45 bits per heavy atom. The Labute approximate surface area is 128 Å². The number of urea groups is 1. The van der Waals surface area contributed by atoms with Gasteiger partial charge >= 0.3 is 6.03 Å². The minimum Gasteiger partial charge on any atom is -0.334 e. The maximum Gasteiger partial charge on any atom is 0.319 e. The molecule has 2 amide bonds. The van der Waals surface area contributed by atoms with Gasteiger partial charge in [-0.15, -0.1) is 0 Å². The van der Waals surface area contributed by atoms with Gasteiger partial charge in [0, 0.05) is 12.6 Å². The molecule has 2 N–H and O–H groups in total. The van der Waals surface area contributed by atoms with E-state index in [2.05, 4.69) is 10.6 Å². The molecule has 22 heavy (non-hydrogen) atoms. The zero-order valence-corrected chi connectivity index (χ0v) is 12.4. The lowest BCUT2D eigenvalue weighted by molar-refractivity contribution is -0.385. The molecule has 0 heterocycles. The number of hydrogen-bond donors (Lipinski definition) is 2. The fourth-order valence-corrected chi connectivity index (χ4v) is 2.01. The Morgan fingerprint density at radius 1 is 1.14 bits per heavy atom. The van der Waals surface area contributed by atoms with Crippen LogP contribution in [0, 0.1) is 24.0 Å². The second kappa shape index (κ2) is 6.71. The lowest BCUT2D eigenvalue weighted by Crippen LogP contribution is -2.28. The van der Waals surface area contributed by atoms with Gasteiger partial charge in [0.05, 0.1) is 16.2 Å². The van der Waals surface area contributed by atoms with Crippen molar-refractivity contribution in [1.82, 2.24) is 5.32 Å². The smallest absolute Gasteiger partial charge is 0.319 e. The summed E-state index contributed by atoms with van der Waals surface area (Å²) in [5.74, 6) is 0. The van der Waals surface area contributed by atoms with Gasteiger partial charge in [0.2, 0.25) is 0 Å². The second-order valence-corrected chi connectivity index (χ2v) is 5.00. The molecule has 0 aliphatic rings. The van der Waals surface area contributed by atoms with Crippen LogP contribution in [0.4, 0.5) is 16.2 Å². The predicted molar refractivity (Wildman–Crippen MR) is 84.9 cm³/mol. The summed E-state index contributed by atoms with van der Waals surface area (Å²) in [6.07, 6.45) is 0. The van der Waals surface area contributed by atoms with Crippen LogP contribution in [0.25, 0.3) is 0 Å². The van der Waals surface area contributed by atoms with Gasteiger partial charge in [-0.05, 0) is 25.5 Å². The van der Waals surface area contributed by atoms with E-state index < -0.39 is 11.0 Å². The Morgan fingerprint density at radius 2 is 1.82 bits per heavy atom. The van der Waals surface area contributed by atoms with E-state index in [-0.39, 0.29) is 5.69 Å². The monoisotopic (exact) mass is 299 g/mol. The van der Waals surface area contributed by atoms with Crippen LogP contribution < -0.4 is 10.6 Å². The average Bonchev–Trinajstić information content (AvgIpc) is 2.48. The van der Waals surface area contributed by atoms with Gasteiger partial charge in [-0.2, -0.15) is 0 Å². The van der Waals surface area contributed by atoms with Crippen molar-refractivity contribution in [2.75, 3.05) is 5.32 Å². The van der Waals surface area contributed by atoms with Gasteiger partial charge in [-0.3, -0.25) is 10.1 Å². The SMILES string of the molecule is Cc1ccc(CNC(=O)Nc2cccc([N+](=O)[O-])c2C)cc1. The number of hydrogen-bond acceptors (Lipinski definition) is 3. The van der Waals surface area contributed by atoms with Crippen LogP contribution in [-0.4, -0.2) is 11.0 Å². The minimum absolute atomic E-state index is 0.0173. The number of rotatable bonds is 4. The van der Waals surface area contributed by atoms with Crippen molar-refractivity contribution in [3.63, 3.8) is 0 Å². The molecule has 6 heteroatoms. The minimum atomic E-state index is -0.468. The molecule has 0 radical (unpaired) electrons. The Kier molecular flexibility index (Phi) is 4.73. The van der Waals surface area contributed by atoms with Crippen LogP contribution in [-0.2, 0) is 6.54 Å². The lowest BCUT2D eigenvalue weighted by Gasteiger charge is -2.10. The molecule has 0 bridgehead atoms. The second-order valence-electron chi connectivity index (χ2n) is 5.00. The number of nitro benzene ring substituents is 1. The highest BCUT2D eigenvalue weighted by molar-refractivity contribution is 5.90. The molecule has 0 atom stereocenters. The van der Waals surface area contributed by atoms with Gasteiger partial charge in [-0.1, -0.05) is 35.9 Å². The molecule has 0 saturated carbocycles. The Bertz CT molecular complexity index is 696. The molecule has 0 unspecified atom stereocenters. The van der Waals surface area contributed by atoms with Gasteiger partial charge < -0.3 is 10.6 Å². The summed E-state index contributed by atoms with van der Waals surface area (Å²) in [5, 5.41) is 16.2. The van der Waals surface area contributed by atoms with Crippen LogP contribution in [0.1, 0.15) is 16.7 Å². The van der Waals surface area contributed by atoms with Crippen molar-refractivity contribution in [1.29, 1.82) is 0 Å². The topological polar surface area (TPSA) is 84.3 Å². The molecule has 2 aromatic carbocycles. The third-order valence-electron chi connectivity index (χ3n) is 3.32. The molecule has 114 valence electrons. The van der Waals surface area contributed by atoms with E-state index in [1.807, 2.05) is 31.2 Å². The van der Waals surface area contributed by atoms with Crippen LogP contribution >= 0.6 is 0 Å². The normalized spacial score (nSPS) is 10.1. The van der Waals surface area contributed by atoms with E-state index in [1.165, 1.54) is 6.07 Å².